The molecule has 7 heteroatoms. The Morgan fingerprint density at radius 1 is 1.69 bits per heavy atom. The number of aromatic nitrogens is 1. The molecule has 1 rings (SSSR count). The maximum Gasteiger partial charge on any atom is 0.320 e. The normalized spacial score (nSPS) is 11.9. The first-order chi connectivity index (χ1) is 7.56. The van der Waals surface area contributed by atoms with Crippen molar-refractivity contribution < 1.29 is 14.3 Å². The predicted molar refractivity (Wildman–Crippen MR) is 69.0 cm³/mol. The Kier molecular flexibility index (Phi) is 5.13. The fourth-order valence-electron chi connectivity index (χ4n) is 0.994. The summed E-state index contributed by atoms with van der Waals surface area (Å²) < 4.78 is 4.18. The lowest BCUT2D eigenvalue weighted by atomic mass is 10.3. The van der Waals surface area contributed by atoms with Gasteiger partial charge in [0, 0.05) is 6.54 Å². The summed E-state index contributed by atoms with van der Waals surface area (Å²) in [5.41, 5.74) is 2.32. The predicted octanol–water partition coefficient (Wildman–Crippen LogP) is 1.16. The van der Waals surface area contributed by atoms with Crippen LogP contribution in [0.4, 0.5) is 0 Å². The lowest BCUT2D eigenvalue weighted by Crippen LogP contribution is -2.33. The molecule has 1 heterocycles. The van der Waals surface area contributed by atoms with E-state index in [1.54, 1.807) is 12.4 Å². The summed E-state index contributed by atoms with van der Waals surface area (Å²) >= 11 is 3.21. The number of amides is 1. The molecule has 0 fully saturated rings. The van der Waals surface area contributed by atoms with Crippen molar-refractivity contribution in [2.75, 3.05) is 13.7 Å². The van der Waals surface area contributed by atoms with E-state index in [1.807, 2.05) is 22.6 Å². The van der Waals surface area contributed by atoms with Crippen molar-refractivity contribution in [2.24, 2.45) is 0 Å². The average Bonchev–Trinajstić information content (AvgIpc) is 2.70. The number of rotatable bonds is 4. The van der Waals surface area contributed by atoms with E-state index < -0.39 is 0 Å². The molecule has 0 aliphatic carbocycles. The van der Waals surface area contributed by atoms with Crippen LogP contribution in [0.3, 0.4) is 0 Å². The molecule has 0 aromatic carbocycles. The second kappa shape index (κ2) is 6.14. The van der Waals surface area contributed by atoms with Gasteiger partial charge in [0.15, 0.2) is 0 Å². The Labute approximate surface area is 111 Å². The van der Waals surface area contributed by atoms with Gasteiger partial charge in [-0.25, -0.2) is 4.98 Å². The highest BCUT2D eigenvalue weighted by Crippen LogP contribution is 2.11. The molecule has 0 aliphatic rings. The van der Waals surface area contributed by atoms with Crippen LogP contribution in [0.25, 0.3) is 0 Å². The summed E-state index contributed by atoms with van der Waals surface area (Å²) in [6, 6.07) is 0. The maximum atomic E-state index is 11.6. The molecule has 1 N–H and O–H groups in total. The summed E-state index contributed by atoms with van der Waals surface area (Å²) in [4.78, 5) is 27.3. The van der Waals surface area contributed by atoms with Crippen molar-refractivity contribution in [1.82, 2.24) is 10.3 Å². The lowest BCUT2D eigenvalue weighted by Gasteiger charge is -2.08. The molecule has 0 spiro atoms. The molecule has 0 aliphatic heterocycles. The number of hydrogen-bond donors (Lipinski definition) is 1. The van der Waals surface area contributed by atoms with E-state index in [0.717, 1.165) is 0 Å². The third-order valence-corrected chi connectivity index (χ3v) is 3.73. The van der Waals surface area contributed by atoms with Crippen molar-refractivity contribution in [3.05, 3.63) is 16.1 Å². The third-order valence-electron chi connectivity index (χ3n) is 1.85. The van der Waals surface area contributed by atoms with Crippen LogP contribution in [0.5, 0.6) is 0 Å². The minimum Gasteiger partial charge on any atom is -0.468 e. The maximum absolute atomic E-state index is 11.6. The molecule has 88 valence electrons. The van der Waals surface area contributed by atoms with Crippen molar-refractivity contribution in [3.63, 3.8) is 0 Å². The summed E-state index contributed by atoms with van der Waals surface area (Å²) in [6.07, 6.45) is 0. The number of carbonyl (C=O) groups excluding carboxylic acids is 2. The van der Waals surface area contributed by atoms with Crippen LogP contribution in [0.1, 0.15) is 15.4 Å². The van der Waals surface area contributed by atoms with Crippen molar-refractivity contribution >= 4 is 45.8 Å². The first kappa shape index (κ1) is 13.4. The van der Waals surface area contributed by atoms with Gasteiger partial charge >= 0.3 is 5.97 Å². The van der Waals surface area contributed by atoms with Gasteiger partial charge in [-0.15, -0.1) is 11.3 Å². The SMILES string of the molecule is COC(=O)C(I)CNC(=O)c1scnc1C. The van der Waals surface area contributed by atoms with Crippen molar-refractivity contribution in [3.8, 4) is 0 Å². The first-order valence-corrected chi connectivity index (χ1v) is 6.59. The smallest absolute Gasteiger partial charge is 0.320 e. The van der Waals surface area contributed by atoms with Gasteiger partial charge in [-0.05, 0) is 6.92 Å². The van der Waals surface area contributed by atoms with Gasteiger partial charge in [-0.2, -0.15) is 0 Å². The highest BCUT2D eigenvalue weighted by Gasteiger charge is 2.18. The molecule has 0 bridgehead atoms. The second-order valence-corrected chi connectivity index (χ2v) is 5.33. The summed E-state index contributed by atoms with van der Waals surface area (Å²) in [5.74, 6) is -0.549. The highest BCUT2D eigenvalue weighted by atomic mass is 127. The molecule has 1 aromatic rings. The van der Waals surface area contributed by atoms with Crippen LogP contribution in [-0.2, 0) is 9.53 Å². The molecular formula is C9H11IN2O3S. The van der Waals surface area contributed by atoms with Crippen molar-refractivity contribution in [1.29, 1.82) is 0 Å². The number of carbonyl (C=O) groups is 2. The number of aryl methyl sites for hydroxylation is 1. The number of thiazole rings is 1. The van der Waals surface area contributed by atoms with E-state index in [9.17, 15) is 9.59 Å². The number of halogens is 1. The number of nitrogens with one attached hydrogen (secondary N) is 1. The zero-order valence-electron chi connectivity index (χ0n) is 8.82. The Balaban J connectivity index is 2.48. The molecule has 0 saturated heterocycles. The lowest BCUT2D eigenvalue weighted by molar-refractivity contribution is -0.139. The molecular weight excluding hydrogens is 343 g/mol. The largest absolute Gasteiger partial charge is 0.468 e. The zero-order chi connectivity index (χ0) is 12.1. The third kappa shape index (κ3) is 3.41. The minimum atomic E-state index is -0.375. The molecule has 16 heavy (non-hydrogen) atoms. The van der Waals surface area contributed by atoms with Gasteiger partial charge in [-0.3, -0.25) is 9.59 Å². The van der Waals surface area contributed by atoms with Gasteiger partial charge in [0.05, 0.1) is 18.3 Å². The molecule has 0 saturated carbocycles. The Morgan fingerprint density at radius 2 is 2.38 bits per heavy atom. The fourth-order valence-corrected chi connectivity index (χ4v) is 2.19. The quantitative estimate of drug-likeness (QED) is 0.501. The topological polar surface area (TPSA) is 68.3 Å². The summed E-state index contributed by atoms with van der Waals surface area (Å²) in [6.45, 7) is 2.02. The van der Waals surface area contributed by atoms with E-state index >= 15 is 0 Å². The van der Waals surface area contributed by atoms with Gasteiger partial charge in [0.25, 0.3) is 5.91 Å². The molecule has 1 amide bonds. The van der Waals surface area contributed by atoms with Crippen LogP contribution in [-0.4, -0.2) is 34.4 Å². The monoisotopic (exact) mass is 354 g/mol. The van der Waals surface area contributed by atoms with Crippen LogP contribution < -0.4 is 5.32 Å². The molecule has 5 nitrogen and oxygen atoms in total. The Morgan fingerprint density at radius 3 is 2.88 bits per heavy atom. The van der Waals surface area contributed by atoms with Crippen LogP contribution in [0, 0.1) is 6.92 Å². The molecule has 1 atom stereocenters. The number of alkyl halides is 1. The molecule has 1 aromatic heterocycles. The first-order valence-electron chi connectivity index (χ1n) is 4.46. The Bertz CT molecular complexity index is 394. The van der Waals surface area contributed by atoms with Gasteiger partial charge in [0.2, 0.25) is 0 Å². The molecule has 1 unspecified atom stereocenters. The number of hydrogen-bond acceptors (Lipinski definition) is 5. The summed E-state index contributed by atoms with van der Waals surface area (Å²) in [7, 11) is 1.32. The number of esters is 1. The standard InChI is InChI=1S/C9H11IN2O3S/c1-5-7(16-4-12-5)8(13)11-3-6(10)9(14)15-2/h4,6H,3H2,1-2H3,(H,11,13). The van der Waals surface area contributed by atoms with Crippen molar-refractivity contribution in [2.45, 2.75) is 10.8 Å². The van der Waals surface area contributed by atoms with E-state index in [1.165, 1.54) is 18.4 Å². The minimum absolute atomic E-state index is 0.203. The number of methoxy groups -OCH3 is 1. The van der Waals surface area contributed by atoms with Crippen LogP contribution >= 0.6 is 33.9 Å². The van der Waals surface area contributed by atoms with Gasteiger partial charge in [0.1, 0.15) is 8.80 Å². The zero-order valence-corrected chi connectivity index (χ0v) is 11.8. The highest BCUT2D eigenvalue weighted by molar-refractivity contribution is 14.1. The van der Waals surface area contributed by atoms with E-state index in [0.29, 0.717) is 10.6 Å². The number of nitrogens with zero attached hydrogens (tertiary/aromatic N) is 1. The van der Waals surface area contributed by atoms with Crippen LogP contribution in [0.2, 0.25) is 0 Å². The van der Waals surface area contributed by atoms with E-state index in [4.69, 9.17) is 0 Å². The second-order valence-electron chi connectivity index (χ2n) is 2.97. The van der Waals surface area contributed by atoms with E-state index in [-0.39, 0.29) is 22.3 Å². The fraction of sp³-hybridized carbons (Fsp3) is 0.444. The van der Waals surface area contributed by atoms with Crippen LogP contribution in [0.15, 0.2) is 5.51 Å². The summed E-state index contributed by atoms with van der Waals surface area (Å²) in [5, 5.41) is 2.66. The Hall–Kier alpha value is -0.700. The van der Waals surface area contributed by atoms with Gasteiger partial charge in [-0.1, -0.05) is 22.6 Å². The van der Waals surface area contributed by atoms with E-state index in [2.05, 4.69) is 15.0 Å². The van der Waals surface area contributed by atoms with Gasteiger partial charge < -0.3 is 10.1 Å². The average molecular weight is 354 g/mol. The number of ether oxygens (including phenoxy) is 1. The molecule has 0 radical (unpaired) electrons.